The summed E-state index contributed by atoms with van der Waals surface area (Å²) >= 11 is 0. The van der Waals surface area contributed by atoms with Crippen molar-refractivity contribution in [2.75, 3.05) is 7.11 Å². The molecule has 0 aliphatic carbocycles. The number of nitro benzene ring substituents is 1. The molecule has 112 valence electrons. The molecule has 1 heterocycles. The number of aliphatic hydroxyl groups excluding tert-OH is 2. The molecule has 0 bridgehead atoms. The molecule has 1 aromatic heterocycles. The maximum absolute atomic E-state index is 11.1. The fraction of sp³-hybridized carbons (Fsp3) is 0.333. The lowest BCUT2D eigenvalue weighted by atomic mass is 10.0. The number of ether oxygens (including phenoxy) is 1. The molecule has 0 amide bonds. The van der Waals surface area contributed by atoms with Gasteiger partial charge in [0.15, 0.2) is 0 Å². The molecule has 9 nitrogen and oxygen atoms in total. The fourth-order valence-electron chi connectivity index (χ4n) is 1.92. The molecule has 9 heteroatoms. The highest BCUT2D eigenvalue weighted by Crippen LogP contribution is 2.28. The van der Waals surface area contributed by atoms with E-state index in [1.807, 2.05) is 0 Å². The van der Waals surface area contributed by atoms with Crippen molar-refractivity contribution >= 4 is 22.6 Å². The van der Waals surface area contributed by atoms with E-state index in [0.29, 0.717) is 10.9 Å². The highest BCUT2D eigenvalue weighted by atomic mass is 16.6. The number of rotatable bonds is 5. The molecule has 1 aromatic carbocycles. The normalized spacial score (nSPS) is 13.9. The van der Waals surface area contributed by atoms with Crippen LogP contribution in [0.3, 0.4) is 0 Å². The second-order valence-electron chi connectivity index (χ2n) is 4.39. The number of fused-ring (bicyclic) bond motifs is 1. The molecule has 3 N–H and O–H groups in total. The van der Waals surface area contributed by atoms with Crippen molar-refractivity contribution in [3.8, 4) is 0 Å². The van der Waals surface area contributed by atoms with Gasteiger partial charge in [-0.3, -0.25) is 20.0 Å². The summed E-state index contributed by atoms with van der Waals surface area (Å²) < 4.78 is 4.40. The Kier molecular flexibility index (Phi) is 4.15. The van der Waals surface area contributed by atoms with Gasteiger partial charge >= 0.3 is 5.97 Å². The van der Waals surface area contributed by atoms with E-state index in [4.69, 9.17) is 0 Å². The number of nitrogens with zero attached hydrogens (tertiary/aromatic N) is 2. The van der Waals surface area contributed by atoms with Crippen LogP contribution in [0.5, 0.6) is 0 Å². The van der Waals surface area contributed by atoms with Crippen LogP contribution in [0, 0.1) is 10.1 Å². The molecular formula is C12H13N3O6. The lowest BCUT2D eigenvalue weighted by molar-refractivity contribution is -0.384. The number of benzene rings is 1. The average molecular weight is 295 g/mol. The Bertz CT molecular complexity index is 683. The summed E-state index contributed by atoms with van der Waals surface area (Å²) in [5, 5.41) is 37.3. The summed E-state index contributed by atoms with van der Waals surface area (Å²) in [5.74, 6) is -0.684. The van der Waals surface area contributed by atoms with Gasteiger partial charge in [0, 0.05) is 17.5 Å². The van der Waals surface area contributed by atoms with Gasteiger partial charge in [0.2, 0.25) is 0 Å². The van der Waals surface area contributed by atoms with Crippen LogP contribution < -0.4 is 0 Å². The van der Waals surface area contributed by atoms with Crippen LogP contribution in [-0.4, -0.2) is 44.5 Å². The number of H-pyrrole nitrogens is 1. The fourth-order valence-corrected chi connectivity index (χ4v) is 1.92. The van der Waals surface area contributed by atoms with Crippen molar-refractivity contribution < 1.29 is 24.7 Å². The molecular weight excluding hydrogens is 282 g/mol. The largest absolute Gasteiger partial charge is 0.469 e. The van der Waals surface area contributed by atoms with E-state index in [1.54, 1.807) is 0 Å². The SMILES string of the molecule is COC(=O)CC(O)C(O)c1[nH]nc2ccc([N+](=O)[O-])cc12. The van der Waals surface area contributed by atoms with Gasteiger partial charge in [0.25, 0.3) is 5.69 Å². The zero-order valence-electron chi connectivity index (χ0n) is 11.0. The van der Waals surface area contributed by atoms with Gasteiger partial charge in [-0.05, 0) is 6.07 Å². The number of aromatic amines is 1. The molecule has 21 heavy (non-hydrogen) atoms. The van der Waals surface area contributed by atoms with Crippen LogP contribution in [0.15, 0.2) is 18.2 Å². The lowest BCUT2D eigenvalue weighted by Gasteiger charge is -2.15. The number of aromatic nitrogens is 2. The molecule has 0 aliphatic rings. The smallest absolute Gasteiger partial charge is 0.308 e. The zero-order chi connectivity index (χ0) is 15.6. The Balaban J connectivity index is 2.34. The summed E-state index contributed by atoms with van der Waals surface area (Å²) in [5.41, 5.74) is 0.338. The molecule has 2 atom stereocenters. The number of methoxy groups -OCH3 is 1. The van der Waals surface area contributed by atoms with E-state index < -0.39 is 29.5 Å². The van der Waals surface area contributed by atoms with Crippen LogP contribution in [0.4, 0.5) is 5.69 Å². The molecule has 0 radical (unpaired) electrons. The minimum atomic E-state index is -1.45. The number of hydrogen-bond acceptors (Lipinski definition) is 7. The molecule has 2 unspecified atom stereocenters. The highest BCUT2D eigenvalue weighted by molar-refractivity contribution is 5.84. The van der Waals surface area contributed by atoms with E-state index in [2.05, 4.69) is 14.9 Å². The van der Waals surface area contributed by atoms with Crippen molar-refractivity contribution in [1.82, 2.24) is 10.2 Å². The van der Waals surface area contributed by atoms with Gasteiger partial charge in [0.05, 0.1) is 35.8 Å². The lowest BCUT2D eigenvalue weighted by Crippen LogP contribution is -2.23. The van der Waals surface area contributed by atoms with E-state index in [0.717, 1.165) is 7.11 Å². The molecule has 0 saturated carbocycles. The second kappa shape index (κ2) is 5.85. The molecule has 0 aliphatic heterocycles. The van der Waals surface area contributed by atoms with Crippen LogP contribution in [0.1, 0.15) is 18.2 Å². The number of carbonyl (C=O) groups excluding carboxylic acids is 1. The molecule has 2 rings (SSSR count). The van der Waals surface area contributed by atoms with Crippen LogP contribution in [0.25, 0.3) is 10.9 Å². The monoisotopic (exact) mass is 295 g/mol. The van der Waals surface area contributed by atoms with E-state index >= 15 is 0 Å². The van der Waals surface area contributed by atoms with Crippen molar-refractivity contribution in [2.24, 2.45) is 0 Å². The number of carbonyl (C=O) groups is 1. The number of nitrogens with one attached hydrogen (secondary N) is 1. The Morgan fingerprint density at radius 2 is 2.24 bits per heavy atom. The first-order valence-electron chi connectivity index (χ1n) is 5.99. The summed E-state index contributed by atoms with van der Waals surface area (Å²) in [4.78, 5) is 21.3. The zero-order valence-corrected chi connectivity index (χ0v) is 11.0. The van der Waals surface area contributed by atoms with Crippen molar-refractivity contribution in [2.45, 2.75) is 18.6 Å². The van der Waals surface area contributed by atoms with Gasteiger partial charge in [-0.25, -0.2) is 0 Å². The first-order valence-corrected chi connectivity index (χ1v) is 5.99. The third-order valence-corrected chi connectivity index (χ3v) is 3.04. The van der Waals surface area contributed by atoms with Gasteiger partial charge < -0.3 is 14.9 Å². The molecule has 0 spiro atoms. The quantitative estimate of drug-likeness (QED) is 0.413. The predicted molar refractivity (Wildman–Crippen MR) is 70.3 cm³/mol. The third kappa shape index (κ3) is 2.98. The van der Waals surface area contributed by atoms with Gasteiger partial charge in [-0.1, -0.05) is 0 Å². The van der Waals surface area contributed by atoms with Crippen LogP contribution in [0.2, 0.25) is 0 Å². The molecule has 0 saturated heterocycles. The Hall–Kier alpha value is -2.52. The maximum Gasteiger partial charge on any atom is 0.308 e. The summed E-state index contributed by atoms with van der Waals surface area (Å²) in [6.45, 7) is 0. The first-order chi connectivity index (χ1) is 9.93. The number of nitro groups is 1. The number of non-ortho nitro benzene ring substituents is 1. The van der Waals surface area contributed by atoms with Crippen LogP contribution in [-0.2, 0) is 9.53 Å². The number of hydrogen-bond donors (Lipinski definition) is 3. The summed E-state index contributed by atoms with van der Waals surface area (Å²) in [6.07, 6.45) is -3.27. The average Bonchev–Trinajstić information content (AvgIpc) is 2.88. The summed E-state index contributed by atoms with van der Waals surface area (Å²) in [7, 11) is 1.16. The predicted octanol–water partition coefficient (Wildman–Crippen LogP) is 0.428. The van der Waals surface area contributed by atoms with Crippen molar-refractivity contribution in [1.29, 1.82) is 0 Å². The van der Waals surface area contributed by atoms with E-state index in [-0.39, 0.29) is 11.4 Å². The summed E-state index contributed by atoms with van der Waals surface area (Å²) in [6, 6.07) is 3.94. The Morgan fingerprint density at radius 1 is 1.52 bits per heavy atom. The molecule has 2 aromatic rings. The van der Waals surface area contributed by atoms with Gasteiger partial charge in [0.1, 0.15) is 6.10 Å². The van der Waals surface area contributed by atoms with Gasteiger partial charge in [-0.2, -0.15) is 5.10 Å². The Labute approximate surface area is 118 Å². The maximum atomic E-state index is 11.1. The van der Waals surface area contributed by atoms with Crippen molar-refractivity contribution in [3.05, 3.63) is 34.0 Å². The van der Waals surface area contributed by atoms with Gasteiger partial charge in [-0.15, -0.1) is 0 Å². The molecule has 0 fully saturated rings. The van der Waals surface area contributed by atoms with E-state index in [1.165, 1.54) is 18.2 Å². The topological polar surface area (TPSA) is 139 Å². The minimum absolute atomic E-state index is 0.102. The third-order valence-electron chi connectivity index (χ3n) is 3.04. The van der Waals surface area contributed by atoms with Crippen molar-refractivity contribution in [3.63, 3.8) is 0 Å². The Morgan fingerprint density at radius 3 is 2.86 bits per heavy atom. The minimum Gasteiger partial charge on any atom is -0.469 e. The first kappa shape index (κ1) is 14.9. The number of aliphatic hydroxyl groups is 2. The second-order valence-corrected chi connectivity index (χ2v) is 4.39. The standard InChI is InChI=1S/C12H13N3O6/c1-21-10(17)5-9(16)12(18)11-7-4-6(15(19)20)2-3-8(7)13-14-11/h2-4,9,12,16,18H,5H2,1H3,(H,13,14). The number of esters is 1. The highest BCUT2D eigenvalue weighted by Gasteiger charge is 2.26. The van der Waals surface area contributed by atoms with E-state index in [9.17, 15) is 25.1 Å². The van der Waals surface area contributed by atoms with Crippen LogP contribution >= 0.6 is 0 Å².